The van der Waals surface area contributed by atoms with E-state index in [1.807, 2.05) is 177 Å². The first-order valence-corrected chi connectivity index (χ1v) is 26.5. The molecule has 2 amide bonds. The van der Waals surface area contributed by atoms with E-state index in [9.17, 15) is 28.8 Å². The SMILES string of the molecule is C.C.CC(C)(C)OC(=O)[C@H](CC(=O)O)NC(=O)OCC1c2ccccc2-c2ccccc21.Cc1ccc(C(OC(=O)C[C@H](NC(=O)OCC2c3ccccc3-c3ccccc32)C(=O)OC(C)(C)C)(c2ccccc2)c2ccccc2)cc1. The van der Waals surface area contributed by atoms with Crippen LogP contribution in [-0.2, 0) is 48.5 Å². The van der Waals surface area contributed by atoms with Crippen molar-refractivity contribution in [2.24, 2.45) is 0 Å². The van der Waals surface area contributed by atoms with Crippen molar-refractivity contribution in [3.05, 3.63) is 226 Å². The van der Waals surface area contributed by atoms with E-state index in [1.54, 1.807) is 41.5 Å². The lowest BCUT2D eigenvalue weighted by atomic mass is 9.79. The second-order valence-corrected chi connectivity index (χ2v) is 21.7. The Morgan fingerprint density at radius 2 is 0.756 bits per heavy atom. The van der Waals surface area contributed by atoms with Crippen molar-refractivity contribution in [3.63, 3.8) is 0 Å². The highest BCUT2D eigenvalue weighted by Gasteiger charge is 2.42. The minimum atomic E-state index is -1.38. The number of fused-ring (bicyclic) bond motifs is 6. The zero-order valence-corrected chi connectivity index (χ0v) is 45.9. The van der Waals surface area contributed by atoms with Gasteiger partial charge in [-0.15, -0.1) is 0 Å². The van der Waals surface area contributed by atoms with Gasteiger partial charge in [-0.1, -0.05) is 202 Å². The number of esters is 3. The van der Waals surface area contributed by atoms with Crippen LogP contribution in [0.4, 0.5) is 9.59 Å². The van der Waals surface area contributed by atoms with Gasteiger partial charge in [-0.3, -0.25) is 9.59 Å². The molecule has 0 spiro atoms. The number of carbonyl (C=O) groups is 6. The fourth-order valence-corrected chi connectivity index (χ4v) is 10.1. The average Bonchev–Trinajstić information content (AvgIpc) is 3.96. The minimum Gasteiger partial charge on any atom is -0.481 e. The molecule has 0 unspecified atom stereocenters. The highest BCUT2D eigenvalue weighted by molar-refractivity contribution is 5.88. The van der Waals surface area contributed by atoms with Crippen LogP contribution >= 0.6 is 0 Å². The highest BCUT2D eigenvalue weighted by Crippen LogP contribution is 2.46. The van der Waals surface area contributed by atoms with Crippen molar-refractivity contribution in [2.75, 3.05) is 13.2 Å². The number of aryl methyl sites for hydroxylation is 1. The Morgan fingerprint density at radius 3 is 1.10 bits per heavy atom. The fraction of sp³-hybridized carbons (Fsp3) is 0.294. The molecule has 7 aromatic rings. The number of nitrogens with one attached hydrogen (secondary N) is 2. The summed E-state index contributed by atoms with van der Waals surface area (Å²) >= 11 is 0. The fourth-order valence-electron chi connectivity index (χ4n) is 10.1. The molecule has 0 aliphatic heterocycles. The molecule has 0 aromatic heterocycles. The molecule has 2 atom stereocenters. The summed E-state index contributed by atoms with van der Waals surface area (Å²) in [4.78, 5) is 76.7. The van der Waals surface area contributed by atoms with Crippen molar-refractivity contribution in [1.29, 1.82) is 0 Å². The van der Waals surface area contributed by atoms with Crippen LogP contribution in [0.2, 0.25) is 0 Å². The lowest BCUT2D eigenvalue weighted by Crippen LogP contribution is -2.47. The predicted molar refractivity (Wildman–Crippen MR) is 316 cm³/mol. The maximum absolute atomic E-state index is 14.1. The van der Waals surface area contributed by atoms with Crippen LogP contribution in [0.15, 0.2) is 182 Å². The number of ether oxygens (including phenoxy) is 5. The Bertz CT molecular complexity index is 3220. The largest absolute Gasteiger partial charge is 0.481 e. The van der Waals surface area contributed by atoms with Crippen molar-refractivity contribution in [2.45, 2.75) is 117 Å². The highest BCUT2D eigenvalue weighted by atomic mass is 16.6. The van der Waals surface area contributed by atoms with Gasteiger partial charge >= 0.3 is 36.1 Å². The number of carboxylic acid groups (broad SMARTS) is 1. The molecule has 0 heterocycles. The molecular weight excluding hydrogens is 1040 g/mol. The van der Waals surface area contributed by atoms with E-state index >= 15 is 0 Å². The Balaban J connectivity index is 0.000000290. The number of hydrogen-bond acceptors (Lipinski definition) is 11. The molecule has 14 nitrogen and oxygen atoms in total. The topological polar surface area (TPSA) is 193 Å². The first kappa shape index (κ1) is 62.2. The molecule has 0 bridgehead atoms. The predicted octanol–water partition coefficient (Wildman–Crippen LogP) is 13.5. The number of aliphatic carboxylic acids is 1. The molecule has 3 N–H and O–H groups in total. The van der Waals surface area contributed by atoms with Gasteiger partial charge in [0.25, 0.3) is 0 Å². The van der Waals surface area contributed by atoms with Gasteiger partial charge in [0.2, 0.25) is 0 Å². The van der Waals surface area contributed by atoms with Crippen molar-refractivity contribution < 1.29 is 57.6 Å². The molecule has 0 fully saturated rings. The number of carbonyl (C=O) groups excluding carboxylic acids is 5. The van der Waals surface area contributed by atoms with E-state index in [0.29, 0.717) is 0 Å². The van der Waals surface area contributed by atoms with Crippen molar-refractivity contribution >= 4 is 36.1 Å². The first-order valence-electron chi connectivity index (χ1n) is 26.5. The van der Waals surface area contributed by atoms with Gasteiger partial charge in [-0.05, 0) is 93.0 Å². The van der Waals surface area contributed by atoms with Crippen LogP contribution in [-0.4, -0.2) is 77.7 Å². The third kappa shape index (κ3) is 15.0. The summed E-state index contributed by atoms with van der Waals surface area (Å²) in [5.74, 6) is -3.85. The number of amides is 2. The molecule has 0 saturated heterocycles. The van der Waals surface area contributed by atoms with Gasteiger partial charge < -0.3 is 39.4 Å². The van der Waals surface area contributed by atoms with E-state index in [-0.39, 0.29) is 39.9 Å². The van der Waals surface area contributed by atoms with E-state index in [2.05, 4.69) is 22.8 Å². The Hall–Kier alpha value is -9.04. The lowest BCUT2D eigenvalue weighted by molar-refractivity contribution is -0.163. The maximum Gasteiger partial charge on any atom is 0.407 e. The smallest absolute Gasteiger partial charge is 0.407 e. The summed E-state index contributed by atoms with van der Waals surface area (Å²) in [5, 5.41) is 14.0. The lowest BCUT2D eigenvalue weighted by Gasteiger charge is -2.36. The van der Waals surface area contributed by atoms with Gasteiger partial charge in [-0.25, -0.2) is 19.2 Å². The number of rotatable bonds is 16. The monoisotopic (exact) mass is 1110 g/mol. The van der Waals surface area contributed by atoms with Crippen LogP contribution < -0.4 is 10.6 Å². The van der Waals surface area contributed by atoms with Gasteiger partial charge in [0.15, 0.2) is 5.60 Å². The zero-order valence-electron chi connectivity index (χ0n) is 45.9. The molecule has 2 aliphatic carbocycles. The summed E-state index contributed by atoms with van der Waals surface area (Å²) in [5.41, 5.74) is 8.81. The average molecular weight is 1110 g/mol. The standard InChI is InChI=1S/C43H41NO6.C23H25NO6.2CH4/c1-29-23-25-32(26-24-29)43(30-15-7-5-8-16-30,31-17-9-6-10-18-31)49-39(45)27-38(40(46)50-42(2,3)4)44-41(47)48-28-37-35-21-13-11-19-33(35)34-20-12-14-22-36(34)37;1-23(2,3)30-21(27)19(12-20(25)26)24-22(28)29-13-18-16-10-6-4-8-14(16)15-9-5-7-11-17(15)18;;/h5-26,37-38H,27-28H2,1-4H3,(H,44,47);4-11,18-19H,12-13H2,1-3H3,(H,24,28)(H,25,26);2*1H4/t38-;19-;;/m00../s1. The summed E-state index contributed by atoms with van der Waals surface area (Å²) in [6.45, 7) is 12.3. The summed E-state index contributed by atoms with van der Waals surface area (Å²) in [6.07, 6.45) is -2.80. The van der Waals surface area contributed by atoms with Crippen molar-refractivity contribution in [1.82, 2.24) is 10.6 Å². The Kier molecular flexibility index (Phi) is 20.4. The maximum atomic E-state index is 14.1. The molecular formula is C68H74N2O12. The number of carboxylic acids is 1. The summed E-state index contributed by atoms with van der Waals surface area (Å²) < 4.78 is 28.5. The van der Waals surface area contributed by atoms with E-state index in [1.165, 1.54) is 0 Å². The Morgan fingerprint density at radius 1 is 0.439 bits per heavy atom. The van der Waals surface area contributed by atoms with Gasteiger partial charge in [-0.2, -0.15) is 0 Å². The quantitative estimate of drug-likeness (QED) is 0.0472. The van der Waals surface area contributed by atoms with Gasteiger partial charge in [0.05, 0.1) is 12.8 Å². The second kappa shape index (κ2) is 26.9. The van der Waals surface area contributed by atoms with Crippen molar-refractivity contribution in [3.8, 4) is 22.3 Å². The van der Waals surface area contributed by atoms with E-state index < -0.39 is 77.8 Å². The van der Waals surface area contributed by atoms with Crippen LogP contribution in [0.25, 0.3) is 22.3 Å². The first-order chi connectivity index (χ1) is 38.2. The van der Waals surface area contributed by atoms with Gasteiger partial charge in [0.1, 0.15) is 36.5 Å². The van der Waals surface area contributed by atoms with Crippen LogP contribution in [0.5, 0.6) is 0 Å². The van der Waals surface area contributed by atoms with E-state index in [4.69, 9.17) is 28.8 Å². The van der Waals surface area contributed by atoms with Crippen LogP contribution in [0.1, 0.15) is 126 Å². The molecule has 14 heteroatoms. The number of alkyl carbamates (subject to hydrolysis) is 2. The van der Waals surface area contributed by atoms with Crippen LogP contribution in [0, 0.1) is 6.92 Å². The normalized spacial score (nSPS) is 13.0. The van der Waals surface area contributed by atoms with Gasteiger partial charge in [0, 0.05) is 28.5 Å². The molecule has 9 rings (SSSR count). The molecule has 428 valence electrons. The summed E-state index contributed by atoms with van der Waals surface area (Å²) in [7, 11) is 0. The number of benzene rings is 7. The molecule has 0 radical (unpaired) electrons. The molecule has 82 heavy (non-hydrogen) atoms. The van der Waals surface area contributed by atoms with E-state index in [0.717, 1.165) is 66.8 Å². The number of hydrogen-bond donors (Lipinski definition) is 3. The molecule has 2 aliphatic rings. The zero-order chi connectivity index (χ0) is 57.2. The second-order valence-electron chi connectivity index (χ2n) is 21.7. The van der Waals surface area contributed by atoms with Crippen LogP contribution in [0.3, 0.4) is 0 Å². The third-order valence-corrected chi connectivity index (χ3v) is 13.5. The molecule has 0 saturated carbocycles. The molecule has 7 aromatic carbocycles. The minimum absolute atomic E-state index is 0. The Labute approximate surface area is 481 Å². The third-order valence-electron chi connectivity index (χ3n) is 13.5. The summed E-state index contributed by atoms with van der Waals surface area (Å²) in [6, 6.07) is 55.9.